The van der Waals surface area contributed by atoms with Crippen LogP contribution >= 0.6 is 15.9 Å². The van der Waals surface area contributed by atoms with Crippen LogP contribution in [0.4, 0.5) is 5.95 Å². The first kappa shape index (κ1) is 8.56. The fourth-order valence-corrected chi connectivity index (χ4v) is 1.99. The van der Waals surface area contributed by atoms with E-state index in [0.717, 1.165) is 21.5 Å². The maximum atomic E-state index is 4.36. The van der Waals surface area contributed by atoms with E-state index in [4.69, 9.17) is 0 Å². The van der Waals surface area contributed by atoms with E-state index < -0.39 is 0 Å². The van der Waals surface area contributed by atoms with E-state index in [1.54, 1.807) is 0 Å². The summed E-state index contributed by atoms with van der Waals surface area (Å²) in [7, 11) is 1.85. The van der Waals surface area contributed by atoms with E-state index in [2.05, 4.69) is 50.3 Å². The largest absolute Gasteiger partial charge is 0.359 e. The minimum atomic E-state index is 0.793. The molecule has 4 heteroatoms. The van der Waals surface area contributed by atoms with Crippen molar-refractivity contribution in [3.63, 3.8) is 0 Å². The number of nitrogens with zero attached hydrogens (tertiary/aromatic N) is 1. The Kier molecular flexibility index (Phi) is 2.00. The van der Waals surface area contributed by atoms with Crippen LogP contribution in [0.3, 0.4) is 0 Å². The van der Waals surface area contributed by atoms with Crippen LogP contribution in [-0.4, -0.2) is 17.0 Å². The van der Waals surface area contributed by atoms with Gasteiger partial charge in [-0.15, -0.1) is 0 Å². The van der Waals surface area contributed by atoms with Crippen molar-refractivity contribution in [1.82, 2.24) is 9.97 Å². The highest BCUT2D eigenvalue weighted by Crippen LogP contribution is 2.24. The predicted octanol–water partition coefficient (Wildman–Crippen LogP) is 2.68. The summed E-state index contributed by atoms with van der Waals surface area (Å²) in [5.41, 5.74) is 3.23. The van der Waals surface area contributed by atoms with Gasteiger partial charge in [0.15, 0.2) is 0 Å². The summed E-state index contributed by atoms with van der Waals surface area (Å²) in [5.74, 6) is 0.793. The Labute approximate surface area is 84.7 Å². The summed E-state index contributed by atoms with van der Waals surface area (Å²) < 4.78 is 1.03. The van der Waals surface area contributed by atoms with E-state index in [9.17, 15) is 0 Å². The fourth-order valence-electron chi connectivity index (χ4n) is 1.33. The molecule has 0 bridgehead atoms. The quantitative estimate of drug-likeness (QED) is 0.804. The van der Waals surface area contributed by atoms with E-state index in [1.807, 2.05) is 7.05 Å². The molecule has 0 fully saturated rings. The van der Waals surface area contributed by atoms with Gasteiger partial charge in [0.1, 0.15) is 5.52 Å². The number of aryl methyl sites for hydroxylation is 1. The minimum absolute atomic E-state index is 0.793. The van der Waals surface area contributed by atoms with E-state index >= 15 is 0 Å². The first-order valence-corrected chi connectivity index (χ1v) is 4.83. The van der Waals surface area contributed by atoms with Crippen molar-refractivity contribution in [2.75, 3.05) is 12.4 Å². The van der Waals surface area contributed by atoms with Crippen molar-refractivity contribution < 1.29 is 0 Å². The number of aromatic nitrogens is 2. The molecule has 1 aromatic heterocycles. The monoisotopic (exact) mass is 239 g/mol. The standard InChI is InChI=1S/C9H10BrN3/c1-5-3-6(10)8-7(4-5)12-9(11-2)13-8/h3-4H,1-2H3,(H2,11,12,13). The van der Waals surface area contributed by atoms with Crippen molar-refractivity contribution in [1.29, 1.82) is 0 Å². The van der Waals surface area contributed by atoms with E-state index in [1.165, 1.54) is 5.56 Å². The van der Waals surface area contributed by atoms with Gasteiger partial charge in [0.05, 0.1) is 5.52 Å². The minimum Gasteiger partial charge on any atom is -0.359 e. The number of aromatic amines is 1. The number of H-pyrrole nitrogens is 1. The van der Waals surface area contributed by atoms with Crippen LogP contribution in [0, 0.1) is 6.92 Å². The number of halogens is 1. The van der Waals surface area contributed by atoms with Gasteiger partial charge >= 0.3 is 0 Å². The molecule has 0 radical (unpaired) electrons. The zero-order valence-electron chi connectivity index (χ0n) is 7.48. The molecule has 0 aliphatic carbocycles. The average Bonchev–Trinajstić information content (AvgIpc) is 2.47. The van der Waals surface area contributed by atoms with Crippen LogP contribution in [0.15, 0.2) is 16.6 Å². The summed E-state index contributed by atoms with van der Waals surface area (Å²) in [6.45, 7) is 2.06. The van der Waals surface area contributed by atoms with Crippen LogP contribution < -0.4 is 5.32 Å². The molecule has 0 amide bonds. The third-order valence-corrected chi connectivity index (χ3v) is 2.53. The normalized spacial score (nSPS) is 10.7. The molecule has 2 rings (SSSR count). The zero-order chi connectivity index (χ0) is 9.42. The van der Waals surface area contributed by atoms with Crippen molar-refractivity contribution in [3.05, 3.63) is 22.2 Å². The molecule has 0 saturated heterocycles. The van der Waals surface area contributed by atoms with Gasteiger partial charge in [-0.2, -0.15) is 0 Å². The third kappa shape index (κ3) is 1.42. The lowest BCUT2D eigenvalue weighted by atomic mass is 10.2. The van der Waals surface area contributed by atoms with Crippen molar-refractivity contribution in [3.8, 4) is 0 Å². The number of benzene rings is 1. The Morgan fingerprint density at radius 3 is 2.92 bits per heavy atom. The maximum Gasteiger partial charge on any atom is 0.200 e. The lowest BCUT2D eigenvalue weighted by molar-refractivity contribution is 1.28. The molecule has 13 heavy (non-hydrogen) atoms. The van der Waals surface area contributed by atoms with E-state index in [-0.39, 0.29) is 0 Å². The first-order chi connectivity index (χ1) is 6.20. The molecule has 1 heterocycles. The van der Waals surface area contributed by atoms with Gasteiger partial charge in [-0.05, 0) is 40.5 Å². The van der Waals surface area contributed by atoms with Crippen LogP contribution in [0.1, 0.15) is 5.56 Å². The van der Waals surface area contributed by atoms with Crippen LogP contribution in [0.25, 0.3) is 11.0 Å². The molecule has 68 valence electrons. The van der Waals surface area contributed by atoms with Gasteiger partial charge in [-0.25, -0.2) is 4.98 Å². The zero-order valence-corrected chi connectivity index (χ0v) is 9.07. The second-order valence-electron chi connectivity index (χ2n) is 2.98. The van der Waals surface area contributed by atoms with Crippen LogP contribution in [-0.2, 0) is 0 Å². The highest BCUT2D eigenvalue weighted by molar-refractivity contribution is 9.10. The lowest BCUT2D eigenvalue weighted by Gasteiger charge is -1.94. The van der Waals surface area contributed by atoms with Crippen molar-refractivity contribution >= 4 is 32.9 Å². The summed E-state index contributed by atoms with van der Waals surface area (Å²) in [6, 6.07) is 4.14. The number of nitrogens with one attached hydrogen (secondary N) is 2. The van der Waals surface area contributed by atoms with Crippen LogP contribution in [0.5, 0.6) is 0 Å². The first-order valence-electron chi connectivity index (χ1n) is 4.04. The lowest BCUT2D eigenvalue weighted by Crippen LogP contribution is -1.88. The Morgan fingerprint density at radius 1 is 1.46 bits per heavy atom. The average molecular weight is 240 g/mol. The van der Waals surface area contributed by atoms with Gasteiger partial charge in [-0.1, -0.05) is 0 Å². The maximum absolute atomic E-state index is 4.36. The molecule has 2 aromatic rings. The number of anilines is 1. The molecule has 0 unspecified atom stereocenters. The molecular weight excluding hydrogens is 230 g/mol. The smallest absolute Gasteiger partial charge is 0.200 e. The summed E-state index contributed by atoms with van der Waals surface area (Å²) in [5, 5.41) is 2.98. The molecule has 0 atom stereocenters. The molecule has 0 aliphatic rings. The Hall–Kier alpha value is -1.03. The number of fused-ring (bicyclic) bond motifs is 1. The second kappa shape index (κ2) is 3.03. The van der Waals surface area contributed by atoms with Gasteiger partial charge < -0.3 is 10.3 Å². The SMILES string of the molecule is CNc1nc2c(Br)cc(C)cc2[nH]1. The van der Waals surface area contributed by atoms with E-state index in [0.29, 0.717) is 0 Å². The molecular formula is C9H10BrN3. The highest BCUT2D eigenvalue weighted by atomic mass is 79.9. The molecule has 1 aromatic carbocycles. The van der Waals surface area contributed by atoms with Crippen molar-refractivity contribution in [2.24, 2.45) is 0 Å². The molecule has 0 saturated carbocycles. The summed E-state index contributed by atoms with van der Waals surface area (Å²) in [4.78, 5) is 7.53. The predicted molar refractivity (Wildman–Crippen MR) is 58.1 cm³/mol. The number of hydrogen-bond donors (Lipinski definition) is 2. The topological polar surface area (TPSA) is 40.7 Å². The molecule has 3 nitrogen and oxygen atoms in total. The van der Waals surface area contributed by atoms with Gasteiger partial charge in [-0.3, -0.25) is 0 Å². The van der Waals surface area contributed by atoms with Gasteiger partial charge in [0.25, 0.3) is 0 Å². The Morgan fingerprint density at radius 2 is 2.23 bits per heavy atom. The number of rotatable bonds is 1. The number of imidazole rings is 1. The number of hydrogen-bond acceptors (Lipinski definition) is 2. The Bertz CT molecular complexity index is 447. The van der Waals surface area contributed by atoms with Crippen LogP contribution in [0.2, 0.25) is 0 Å². The highest BCUT2D eigenvalue weighted by Gasteiger charge is 2.04. The van der Waals surface area contributed by atoms with Gasteiger partial charge in [0.2, 0.25) is 5.95 Å². The Balaban J connectivity index is 2.75. The summed E-state index contributed by atoms with van der Waals surface area (Å²) in [6.07, 6.45) is 0. The molecule has 2 N–H and O–H groups in total. The van der Waals surface area contributed by atoms with Crippen molar-refractivity contribution in [2.45, 2.75) is 6.92 Å². The third-order valence-electron chi connectivity index (χ3n) is 1.92. The summed E-state index contributed by atoms with van der Waals surface area (Å²) >= 11 is 3.48. The van der Waals surface area contributed by atoms with Gasteiger partial charge in [0, 0.05) is 11.5 Å². The fraction of sp³-hybridized carbons (Fsp3) is 0.222. The molecule has 0 aliphatic heterocycles. The molecule has 0 spiro atoms. The second-order valence-corrected chi connectivity index (χ2v) is 3.83.